The van der Waals surface area contributed by atoms with Crippen LogP contribution in [0.15, 0.2) is 18.2 Å². The monoisotopic (exact) mass is 253 g/mol. The summed E-state index contributed by atoms with van der Waals surface area (Å²) < 4.78 is 15.3. The van der Waals surface area contributed by atoms with Crippen molar-refractivity contribution in [3.05, 3.63) is 18.2 Å². The van der Waals surface area contributed by atoms with Crippen LogP contribution in [-0.4, -0.2) is 32.8 Å². The molecule has 1 N–H and O–H groups in total. The third kappa shape index (κ3) is 4.53. The molecule has 0 amide bonds. The molecule has 0 unspecified atom stereocenters. The van der Waals surface area contributed by atoms with Gasteiger partial charge in [-0.15, -0.1) is 0 Å². The highest BCUT2D eigenvalue weighted by Crippen LogP contribution is 2.25. The van der Waals surface area contributed by atoms with Gasteiger partial charge in [0.1, 0.15) is 18.0 Å². The van der Waals surface area contributed by atoms with E-state index in [-0.39, 0.29) is 18.6 Å². The molecule has 0 bridgehead atoms. The lowest BCUT2D eigenvalue weighted by Crippen LogP contribution is -2.20. The molecule has 18 heavy (non-hydrogen) atoms. The minimum absolute atomic E-state index is 0.106. The summed E-state index contributed by atoms with van der Waals surface area (Å²) in [6.45, 7) is 3.73. The van der Waals surface area contributed by atoms with Crippen LogP contribution in [0.2, 0.25) is 0 Å². The van der Waals surface area contributed by atoms with Crippen LogP contribution < -0.4 is 14.8 Å². The maximum atomic E-state index is 11.4. The number of hydrogen-bond acceptors (Lipinski definition) is 5. The van der Waals surface area contributed by atoms with Crippen molar-refractivity contribution in [1.29, 1.82) is 0 Å². The van der Waals surface area contributed by atoms with Crippen LogP contribution in [0.1, 0.15) is 13.8 Å². The van der Waals surface area contributed by atoms with Crippen LogP contribution in [0.5, 0.6) is 11.5 Å². The average molecular weight is 253 g/mol. The number of ether oxygens (including phenoxy) is 3. The molecule has 0 spiro atoms. The van der Waals surface area contributed by atoms with Gasteiger partial charge in [-0.3, -0.25) is 4.79 Å². The van der Waals surface area contributed by atoms with Crippen molar-refractivity contribution in [1.82, 2.24) is 0 Å². The van der Waals surface area contributed by atoms with Gasteiger partial charge < -0.3 is 19.5 Å². The van der Waals surface area contributed by atoms with Gasteiger partial charge in [-0.25, -0.2) is 0 Å². The Bertz CT molecular complexity index is 382. The molecule has 5 nitrogen and oxygen atoms in total. The highest BCUT2D eigenvalue weighted by molar-refractivity contribution is 5.75. The SMILES string of the molecule is COc1cc(NCC(=O)OC(C)C)cc(OC)c1. The number of methoxy groups -OCH3 is 2. The zero-order chi connectivity index (χ0) is 13.5. The lowest BCUT2D eigenvalue weighted by Gasteiger charge is -2.11. The molecule has 5 heteroatoms. The normalized spacial score (nSPS) is 10.1. The minimum atomic E-state index is -0.299. The molecular weight excluding hydrogens is 234 g/mol. The second kappa shape index (κ2) is 6.74. The Balaban J connectivity index is 2.63. The van der Waals surface area contributed by atoms with Crippen molar-refractivity contribution in [3.8, 4) is 11.5 Å². The smallest absolute Gasteiger partial charge is 0.325 e. The van der Waals surface area contributed by atoms with E-state index in [1.165, 1.54) is 0 Å². The number of nitrogens with one attached hydrogen (secondary N) is 1. The Kier molecular flexibility index (Phi) is 5.30. The fraction of sp³-hybridized carbons (Fsp3) is 0.462. The molecule has 0 aliphatic carbocycles. The largest absolute Gasteiger partial charge is 0.497 e. The molecule has 100 valence electrons. The summed E-state index contributed by atoms with van der Waals surface area (Å²) in [4.78, 5) is 11.4. The Labute approximate surface area is 107 Å². The fourth-order valence-corrected chi connectivity index (χ4v) is 1.39. The predicted octanol–water partition coefficient (Wildman–Crippen LogP) is 2.07. The number of carbonyl (C=O) groups is 1. The van der Waals surface area contributed by atoms with E-state index in [2.05, 4.69) is 5.32 Å². The average Bonchev–Trinajstić information content (AvgIpc) is 2.35. The molecule has 0 saturated carbocycles. The summed E-state index contributed by atoms with van der Waals surface area (Å²) in [7, 11) is 3.15. The molecule has 1 aromatic carbocycles. The van der Waals surface area contributed by atoms with E-state index < -0.39 is 0 Å². The van der Waals surface area contributed by atoms with E-state index in [9.17, 15) is 4.79 Å². The Morgan fingerprint density at radius 1 is 1.17 bits per heavy atom. The van der Waals surface area contributed by atoms with E-state index in [1.807, 2.05) is 13.8 Å². The van der Waals surface area contributed by atoms with Gasteiger partial charge >= 0.3 is 5.97 Å². The van der Waals surface area contributed by atoms with Crippen LogP contribution in [-0.2, 0) is 9.53 Å². The Morgan fingerprint density at radius 2 is 1.72 bits per heavy atom. The predicted molar refractivity (Wildman–Crippen MR) is 69.3 cm³/mol. The number of anilines is 1. The summed E-state index contributed by atoms with van der Waals surface area (Å²) >= 11 is 0. The van der Waals surface area contributed by atoms with Crippen LogP contribution in [0, 0.1) is 0 Å². The molecule has 0 aromatic heterocycles. The summed E-state index contributed by atoms with van der Waals surface area (Å²) in [6, 6.07) is 5.33. The first-order chi connectivity index (χ1) is 8.55. The molecule has 0 fully saturated rings. The molecule has 0 aliphatic heterocycles. The number of hydrogen-bond donors (Lipinski definition) is 1. The topological polar surface area (TPSA) is 56.8 Å². The van der Waals surface area contributed by atoms with Crippen LogP contribution in [0.3, 0.4) is 0 Å². The standard InChI is InChI=1S/C13H19NO4/c1-9(2)18-13(15)8-14-10-5-11(16-3)7-12(6-10)17-4/h5-7,9,14H,8H2,1-4H3. The molecule has 1 rings (SSSR count). The lowest BCUT2D eigenvalue weighted by molar-refractivity contribution is -0.145. The molecule has 0 atom stereocenters. The molecule has 0 heterocycles. The third-order valence-corrected chi connectivity index (χ3v) is 2.16. The zero-order valence-electron chi connectivity index (χ0n) is 11.1. The van der Waals surface area contributed by atoms with Crippen molar-refractivity contribution < 1.29 is 19.0 Å². The number of rotatable bonds is 6. The second-order valence-electron chi connectivity index (χ2n) is 3.99. The third-order valence-electron chi connectivity index (χ3n) is 2.16. The zero-order valence-corrected chi connectivity index (χ0v) is 11.1. The first-order valence-corrected chi connectivity index (χ1v) is 5.71. The van der Waals surface area contributed by atoms with Crippen molar-refractivity contribution in [2.45, 2.75) is 20.0 Å². The number of esters is 1. The molecule has 0 aliphatic rings. The highest BCUT2D eigenvalue weighted by atomic mass is 16.5. The van der Waals surface area contributed by atoms with Crippen molar-refractivity contribution in [2.24, 2.45) is 0 Å². The van der Waals surface area contributed by atoms with Gasteiger partial charge in [-0.05, 0) is 13.8 Å². The van der Waals surface area contributed by atoms with Gasteiger partial charge in [0.25, 0.3) is 0 Å². The van der Waals surface area contributed by atoms with E-state index in [1.54, 1.807) is 32.4 Å². The van der Waals surface area contributed by atoms with Crippen molar-refractivity contribution in [3.63, 3.8) is 0 Å². The van der Waals surface area contributed by atoms with Crippen LogP contribution in [0.4, 0.5) is 5.69 Å². The summed E-state index contributed by atoms with van der Waals surface area (Å²) in [5.41, 5.74) is 0.743. The molecular formula is C13H19NO4. The van der Waals surface area contributed by atoms with E-state index in [0.29, 0.717) is 11.5 Å². The van der Waals surface area contributed by atoms with E-state index >= 15 is 0 Å². The highest BCUT2D eigenvalue weighted by Gasteiger charge is 2.06. The number of benzene rings is 1. The van der Waals surface area contributed by atoms with E-state index in [0.717, 1.165) is 5.69 Å². The maximum absolute atomic E-state index is 11.4. The first kappa shape index (κ1) is 14.2. The van der Waals surface area contributed by atoms with Gasteiger partial charge in [0.15, 0.2) is 0 Å². The van der Waals surface area contributed by atoms with Gasteiger partial charge in [0, 0.05) is 23.9 Å². The summed E-state index contributed by atoms with van der Waals surface area (Å²) in [5, 5.41) is 2.96. The minimum Gasteiger partial charge on any atom is -0.497 e. The summed E-state index contributed by atoms with van der Waals surface area (Å²) in [5.74, 6) is 1.02. The van der Waals surface area contributed by atoms with Crippen LogP contribution in [0.25, 0.3) is 0 Å². The quantitative estimate of drug-likeness (QED) is 0.786. The van der Waals surface area contributed by atoms with Crippen molar-refractivity contribution >= 4 is 11.7 Å². The molecule has 0 saturated heterocycles. The molecule has 0 radical (unpaired) electrons. The number of carbonyl (C=O) groups excluding carboxylic acids is 1. The summed E-state index contributed by atoms with van der Waals surface area (Å²) in [6.07, 6.45) is -0.112. The van der Waals surface area contributed by atoms with Crippen molar-refractivity contribution in [2.75, 3.05) is 26.1 Å². The van der Waals surface area contributed by atoms with Gasteiger partial charge in [-0.1, -0.05) is 0 Å². The first-order valence-electron chi connectivity index (χ1n) is 5.71. The maximum Gasteiger partial charge on any atom is 0.325 e. The fourth-order valence-electron chi connectivity index (χ4n) is 1.39. The van der Waals surface area contributed by atoms with Gasteiger partial charge in [0.05, 0.1) is 20.3 Å². The van der Waals surface area contributed by atoms with Gasteiger partial charge in [0.2, 0.25) is 0 Å². The Hall–Kier alpha value is -1.91. The van der Waals surface area contributed by atoms with Gasteiger partial charge in [-0.2, -0.15) is 0 Å². The van der Waals surface area contributed by atoms with E-state index in [4.69, 9.17) is 14.2 Å². The Morgan fingerprint density at radius 3 is 2.17 bits per heavy atom. The van der Waals surface area contributed by atoms with Crippen LogP contribution >= 0.6 is 0 Å². The second-order valence-corrected chi connectivity index (χ2v) is 3.99. The lowest BCUT2D eigenvalue weighted by atomic mass is 10.2. The molecule has 1 aromatic rings.